The summed E-state index contributed by atoms with van der Waals surface area (Å²) in [5.41, 5.74) is 5.69. The first-order valence-electron chi connectivity index (χ1n) is 10.3. The monoisotopic (exact) mass is 450 g/mol. The van der Waals surface area contributed by atoms with E-state index in [9.17, 15) is 18.0 Å². The number of carbonyl (C=O) groups is 1. The molecule has 172 valence electrons. The van der Waals surface area contributed by atoms with E-state index in [4.69, 9.17) is 15.9 Å². The van der Waals surface area contributed by atoms with Gasteiger partial charge < -0.3 is 21.2 Å². The number of amides is 1. The third kappa shape index (κ3) is 4.49. The number of anilines is 2. The zero-order chi connectivity index (χ0) is 23.0. The van der Waals surface area contributed by atoms with Crippen LogP contribution in [0.3, 0.4) is 0 Å². The second-order valence-corrected chi connectivity index (χ2v) is 8.22. The molecule has 2 heterocycles. The highest BCUT2D eigenvalue weighted by Gasteiger charge is 2.37. The maximum atomic E-state index is 12.8. The minimum absolute atomic E-state index is 0.116. The van der Waals surface area contributed by atoms with E-state index < -0.39 is 17.6 Å². The molecule has 0 spiro atoms. The summed E-state index contributed by atoms with van der Waals surface area (Å²) in [5, 5.41) is 15.8. The van der Waals surface area contributed by atoms with E-state index in [0.29, 0.717) is 30.3 Å². The number of methoxy groups -OCH3 is 1. The summed E-state index contributed by atoms with van der Waals surface area (Å²) in [4.78, 5) is 14.2. The lowest BCUT2D eigenvalue weighted by Gasteiger charge is -2.46. The number of rotatable bonds is 6. The maximum Gasteiger partial charge on any atom is 0.416 e. The van der Waals surface area contributed by atoms with E-state index in [-0.39, 0.29) is 23.5 Å². The number of primary amides is 1. The fraction of sp³-hybridized carbons (Fsp3) is 0.476. The Morgan fingerprint density at radius 1 is 1.25 bits per heavy atom. The van der Waals surface area contributed by atoms with Gasteiger partial charge in [0, 0.05) is 50.3 Å². The average Bonchev–Trinajstić information content (AvgIpc) is 3.11. The van der Waals surface area contributed by atoms with E-state index in [2.05, 4.69) is 15.3 Å². The smallest absolute Gasteiger partial charge is 0.379 e. The molecule has 0 unspecified atom stereocenters. The van der Waals surface area contributed by atoms with Gasteiger partial charge in [-0.05, 0) is 37.1 Å². The molecule has 0 radical (unpaired) electrons. The standard InChI is InChI=1S/C21H25F3N6O2/c1-32-15-9-29(10-15)14-6-7-18(17(25)8-14)30-11-16(19(26)31)20(28-30)27-13-4-2-12(3-5-13)21(22,23)24/h2-5,11,14-15,18,25H,6-10H2,1H3,(H2,26,31)(H,27,28)/t14-,18-/m0/s1. The normalized spacial score (nSPS) is 22.6. The summed E-state index contributed by atoms with van der Waals surface area (Å²) < 4.78 is 45.2. The van der Waals surface area contributed by atoms with Gasteiger partial charge in [0.2, 0.25) is 0 Å². The van der Waals surface area contributed by atoms with E-state index in [1.165, 1.54) is 18.3 Å². The SMILES string of the molecule is COC1CN([C@H]2CC[C@H](n3cc(C(N)=O)c(Nc4ccc(C(F)(F)F)cc4)n3)C(=N)C2)C1. The molecule has 8 nitrogen and oxygen atoms in total. The highest BCUT2D eigenvalue weighted by atomic mass is 19.4. The van der Waals surface area contributed by atoms with Crippen LogP contribution in [-0.4, -0.2) is 58.6 Å². The van der Waals surface area contributed by atoms with E-state index in [1.807, 2.05) is 0 Å². The molecule has 1 amide bonds. The summed E-state index contributed by atoms with van der Waals surface area (Å²) in [6, 6.07) is 4.42. The first-order valence-corrected chi connectivity index (χ1v) is 10.3. The number of carbonyl (C=O) groups excluding carboxylic acids is 1. The second-order valence-electron chi connectivity index (χ2n) is 8.22. The Kier molecular flexibility index (Phi) is 5.95. The molecule has 11 heteroatoms. The summed E-state index contributed by atoms with van der Waals surface area (Å²) in [7, 11) is 1.70. The third-order valence-corrected chi connectivity index (χ3v) is 6.15. The first-order chi connectivity index (χ1) is 15.2. The Morgan fingerprint density at radius 2 is 1.94 bits per heavy atom. The number of nitrogens with two attached hydrogens (primary N) is 1. The van der Waals surface area contributed by atoms with E-state index >= 15 is 0 Å². The molecule has 4 N–H and O–H groups in total. The molecular weight excluding hydrogens is 425 g/mol. The molecule has 1 aliphatic carbocycles. The molecule has 2 fully saturated rings. The van der Waals surface area contributed by atoms with Crippen molar-refractivity contribution in [2.75, 3.05) is 25.5 Å². The van der Waals surface area contributed by atoms with Crippen LogP contribution in [0.4, 0.5) is 24.7 Å². The van der Waals surface area contributed by atoms with Crippen LogP contribution in [0.2, 0.25) is 0 Å². The number of aromatic nitrogens is 2. The molecule has 1 saturated carbocycles. The third-order valence-electron chi connectivity index (χ3n) is 6.15. The van der Waals surface area contributed by atoms with Crippen molar-refractivity contribution in [3.63, 3.8) is 0 Å². The molecular formula is C21H25F3N6O2. The minimum atomic E-state index is -4.43. The Balaban J connectivity index is 1.47. The van der Waals surface area contributed by atoms with Gasteiger partial charge in [0.25, 0.3) is 5.91 Å². The topological polar surface area (TPSA) is 109 Å². The summed E-state index contributed by atoms with van der Waals surface area (Å²) in [6.07, 6.45) is -0.496. The maximum absolute atomic E-state index is 12.8. The summed E-state index contributed by atoms with van der Waals surface area (Å²) in [6.45, 7) is 1.74. The zero-order valence-corrected chi connectivity index (χ0v) is 17.5. The fourth-order valence-corrected chi connectivity index (χ4v) is 4.24. The van der Waals surface area contributed by atoms with Gasteiger partial charge in [0.1, 0.15) is 5.56 Å². The van der Waals surface area contributed by atoms with Crippen molar-refractivity contribution in [2.24, 2.45) is 5.73 Å². The van der Waals surface area contributed by atoms with E-state index in [1.54, 1.807) is 11.8 Å². The van der Waals surface area contributed by atoms with Gasteiger partial charge >= 0.3 is 6.18 Å². The lowest BCUT2D eigenvalue weighted by atomic mass is 9.87. The Morgan fingerprint density at radius 3 is 2.50 bits per heavy atom. The van der Waals surface area contributed by atoms with Crippen molar-refractivity contribution in [3.8, 4) is 0 Å². The first kappa shape index (κ1) is 22.3. The van der Waals surface area contributed by atoms with Gasteiger partial charge in [-0.3, -0.25) is 14.4 Å². The highest BCUT2D eigenvalue weighted by Crippen LogP contribution is 2.33. The quantitative estimate of drug-likeness (QED) is 0.626. The number of halogens is 3. The molecule has 2 aromatic rings. The van der Waals surface area contributed by atoms with Crippen molar-refractivity contribution >= 4 is 23.1 Å². The second kappa shape index (κ2) is 8.55. The molecule has 0 bridgehead atoms. The summed E-state index contributed by atoms with van der Waals surface area (Å²) >= 11 is 0. The van der Waals surface area contributed by atoms with Gasteiger partial charge in [-0.2, -0.15) is 18.3 Å². The molecule has 1 saturated heterocycles. The number of nitrogens with zero attached hydrogens (tertiary/aromatic N) is 3. The van der Waals surface area contributed by atoms with Crippen LogP contribution >= 0.6 is 0 Å². The number of alkyl halides is 3. The number of ether oxygens (including phenoxy) is 1. The van der Waals surface area contributed by atoms with Crippen LogP contribution in [0.25, 0.3) is 0 Å². The van der Waals surface area contributed by atoms with Crippen LogP contribution in [0.15, 0.2) is 30.5 Å². The molecule has 4 rings (SSSR count). The predicted molar refractivity (Wildman–Crippen MR) is 112 cm³/mol. The van der Waals surface area contributed by atoms with Crippen LogP contribution in [0.5, 0.6) is 0 Å². The summed E-state index contributed by atoms with van der Waals surface area (Å²) in [5.74, 6) is -0.560. The fourth-order valence-electron chi connectivity index (χ4n) is 4.24. The minimum Gasteiger partial charge on any atom is -0.379 e. The average molecular weight is 450 g/mol. The zero-order valence-electron chi connectivity index (χ0n) is 17.5. The van der Waals surface area contributed by atoms with Crippen molar-refractivity contribution in [1.82, 2.24) is 14.7 Å². The van der Waals surface area contributed by atoms with Gasteiger partial charge in [-0.15, -0.1) is 0 Å². The molecule has 1 aromatic heterocycles. The Labute approximate surface area is 183 Å². The number of hydrogen-bond donors (Lipinski definition) is 3. The van der Waals surface area contributed by atoms with Crippen LogP contribution in [-0.2, 0) is 10.9 Å². The van der Waals surface area contributed by atoms with Gasteiger partial charge in [0.05, 0.1) is 17.7 Å². The van der Waals surface area contributed by atoms with Crippen molar-refractivity contribution in [3.05, 3.63) is 41.6 Å². The highest BCUT2D eigenvalue weighted by molar-refractivity contribution is 5.98. The Bertz CT molecular complexity index is 998. The number of nitrogens with one attached hydrogen (secondary N) is 2. The van der Waals surface area contributed by atoms with Gasteiger partial charge in [-0.25, -0.2) is 0 Å². The van der Waals surface area contributed by atoms with Crippen LogP contribution < -0.4 is 11.1 Å². The lowest BCUT2D eigenvalue weighted by Crippen LogP contribution is -2.57. The van der Waals surface area contributed by atoms with Gasteiger partial charge in [-0.1, -0.05) is 0 Å². The molecule has 2 aliphatic rings. The van der Waals surface area contributed by atoms with E-state index in [0.717, 1.165) is 31.6 Å². The molecule has 1 aromatic carbocycles. The van der Waals surface area contributed by atoms with Crippen molar-refractivity contribution in [1.29, 1.82) is 5.41 Å². The van der Waals surface area contributed by atoms with Crippen molar-refractivity contribution in [2.45, 2.75) is 43.6 Å². The number of hydrogen-bond acceptors (Lipinski definition) is 6. The molecule has 2 atom stereocenters. The van der Waals surface area contributed by atoms with Crippen LogP contribution in [0, 0.1) is 5.41 Å². The number of likely N-dealkylation sites (tertiary alicyclic amines) is 1. The Hall–Kier alpha value is -2.92. The largest absolute Gasteiger partial charge is 0.416 e. The van der Waals surface area contributed by atoms with Crippen molar-refractivity contribution < 1.29 is 22.7 Å². The van der Waals surface area contributed by atoms with Crippen LogP contribution in [0.1, 0.15) is 41.2 Å². The number of benzene rings is 1. The predicted octanol–water partition coefficient (Wildman–Crippen LogP) is 3.19. The molecule has 1 aliphatic heterocycles. The molecule has 32 heavy (non-hydrogen) atoms. The van der Waals surface area contributed by atoms with Gasteiger partial charge in [0.15, 0.2) is 5.82 Å². The lowest BCUT2D eigenvalue weighted by molar-refractivity contribution is -0.137.